The van der Waals surface area contributed by atoms with E-state index in [1.165, 1.54) is 4.88 Å². The molecule has 0 saturated carbocycles. The van der Waals surface area contributed by atoms with Crippen LogP contribution >= 0.6 is 11.3 Å². The van der Waals surface area contributed by atoms with E-state index in [0.717, 1.165) is 36.0 Å². The minimum atomic E-state index is -0.965. The van der Waals surface area contributed by atoms with Gasteiger partial charge in [-0.1, -0.05) is 12.1 Å². The largest absolute Gasteiger partial charge is 0.357 e. The van der Waals surface area contributed by atoms with E-state index in [2.05, 4.69) is 20.9 Å². The fourth-order valence-electron chi connectivity index (χ4n) is 4.57. The van der Waals surface area contributed by atoms with Gasteiger partial charge in [0.25, 0.3) is 11.8 Å². The van der Waals surface area contributed by atoms with Gasteiger partial charge in [0.1, 0.15) is 6.04 Å². The van der Waals surface area contributed by atoms with Crippen LogP contribution in [0.1, 0.15) is 62.8 Å². The van der Waals surface area contributed by atoms with Gasteiger partial charge in [0.15, 0.2) is 5.13 Å². The second kappa shape index (κ2) is 8.44. The maximum absolute atomic E-state index is 13.2. The van der Waals surface area contributed by atoms with Crippen molar-refractivity contribution in [3.63, 3.8) is 0 Å². The molecule has 3 N–H and O–H groups in total. The lowest BCUT2D eigenvalue weighted by Crippen LogP contribution is -2.54. The minimum Gasteiger partial charge on any atom is -0.357 e. The van der Waals surface area contributed by atoms with Crippen molar-refractivity contribution in [3.8, 4) is 0 Å². The monoisotopic (exact) mass is 453 g/mol. The van der Waals surface area contributed by atoms with Gasteiger partial charge in [0, 0.05) is 24.0 Å². The summed E-state index contributed by atoms with van der Waals surface area (Å²) < 4.78 is 0. The number of nitrogens with zero attached hydrogens (tertiary/aromatic N) is 2. The van der Waals surface area contributed by atoms with Gasteiger partial charge >= 0.3 is 0 Å². The standard InChI is InChI=1S/C22H23N5O4S/c28-17-5-4-15(19(29)26-17)27-20(30)14-3-1-2-13(18(14)21(27)31)10-24-22-25-11-16(32-22)12-6-8-23-9-7-12/h1-3,11-12,15,23H,4-10H2,(H,24,25)(H,26,28,29). The highest BCUT2D eigenvalue weighted by Crippen LogP contribution is 2.33. The number of rotatable bonds is 5. The molecular weight excluding hydrogens is 430 g/mol. The van der Waals surface area contributed by atoms with Crippen LogP contribution < -0.4 is 16.0 Å². The first kappa shape index (κ1) is 20.8. The Morgan fingerprint density at radius 1 is 1.09 bits per heavy atom. The molecule has 1 aromatic carbocycles. The van der Waals surface area contributed by atoms with E-state index in [1.807, 2.05) is 6.20 Å². The summed E-state index contributed by atoms with van der Waals surface area (Å²) in [5.74, 6) is -1.47. The average Bonchev–Trinajstić information content (AvgIpc) is 3.37. The minimum absolute atomic E-state index is 0.0989. The maximum atomic E-state index is 13.2. The molecule has 1 unspecified atom stereocenters. The van der Waals surface area contributed by atoms with Crippen molar-refractivity contribution in [1.82, 2.24) is 20.5 Å². The van der Waals surface area contributed by atoms with Crippen molar-refractivity contribution < 1.29 is 19.2 Å². The summed E-state index contributed by atoms with van der Waals surface area (Å²) in [4.78, 5) is 56.6. The fraction of sp³-hybridized carbons (Fsp3) is 0.409. The van der Waals surface area contributed by atoms with Crippen molar-refractivity contribution in [3.05, 3.63) is 46.0 Å². The quantitative estimate of drug-likeness (QED) is 0.589. The highest BCUT2D eigenvalue weighted by atomic mass is 32.1. The zero-order valence-electron chi connectivity index (χ0n) is 17.3. The molecule has 4 heterocycles. The van der Waals surface area contributed by atoms with Crippen molar-refractivity contribution in [1.29, 1.82) is 0 Å². The van der Waals surface area contributed by atoms with E-state index in [9.17, 15) is 19.2 Å². The molecule has 0 spiro atoms. The summed E-state index contributed by atoms with van der Waals surface area (Å²) in [5.41, 5.74) is 1.27. The van der Waals surface area contributed by atoms with Gasteiger partial charge in [-0.3, -0.25) is 29.4 Å². The van der Waals surface area contributed by atoms with Crippen molar-refractivity contribution in [2.75, 3.05) is 18.4 Å². The molecule has 2 saturated heterocycles. The zero-order valence-corrected chi connectivity index (χ0v) is 18.2. The Labute approximate surface area is 188 Å². The van der Waals surface area contributed by atoms with Crippen molar-refractivity contribution in [2.24, 2.45) is 0 Å². The summed E-state index contributed by atoms with van der Waals surface area (Å²) in [6, 6.07) is 4.17. The van der Waals surface area contributed by atoms with Gasteiger partial charge in [-0.05, 0) is 49.9 Å². The molecule has 1 aromatic heterocycles. The Balaban J connectivity index is 1.33. The van der Waals surface area contributed by atoms with Gasteiger partial charge in [0.2, 0.25) is 11.8 Å². The van der Waals surface area contributed by atoms with Gasteiger partial charge in [-0.25, -0.2) is 4.98 Å². The molecule has 0 radical (unpaired) electrons. The van der Waals surface area contributed by atoms with Crippen LogP contribution in [0.3, 0.4) is 0 Å². The van der Waals surface area contributed by atoms with Crippen LogP contribution in [-0.2, 0) is 16.1 Å². The Hall–Kier alpha value is -3.11. The Kier molecular flexibility index (Phi) is 5.48. The first-order valence-electron chi connectivity index (χ1n) is 10.8. The number of hydrogen-bond donors (Lipinski definition) is 3. The SMILES string of the molecule is O=C1CCC(N2C(=O)c3cccc(CNc4ncc(C5CCNCC5)s4)c3C2=O)C(=O)N1. The first-order chi connectivity index (χ1) is 15.5. The first-order valence-corrected chi connectivity index (χ1v) is 11.6. The van der Waals surface area contributed by atoms with E-state index in [4.69, 9.17) is 0 Å². The number of benzene rings is 1. The van der Waals surface area contributed by atoms with Gasteiger partial charge in [0.05, 0.1) is 11.1 Å². The number of aromatic nitrogens is 1. The van der Waals surface area contributed by atoms with Crippen LogP contribution in [0.25, 0.3) is 0 Å². The molecule has 2 aromatic rings. The number of hydrogen-bond acceptors (Lipinski definition) is 8. The lowest BCUT2D eigenvalue weighted by molar-refractivity contribution is -0.136. The van der Waals surface area contributed by atoms with Crippen LogP contribution in [0, 0.1) is 0 Å². The zero-order chi connectivity index (χ0) is 22.2. The maximum Gasteiger partial charge on any atom is 0.262 e. The molecule has 9 nitrogen and oxygen atoms in total. The normalized spacial score (nSPS) is 21.6. The molecule has 1 atom stereocenters. The predicted molar refractivity (Wildman–Crippen MR) is 117 cm³/mol. The van der Waals surface area contributed by atoms with Gasteiger partial charge < -0.3 is 10.6 Å². The summed E-state index contributed by atoms with van der Waals surface area (Å²) in [7, 11) is 0. The third-order valence-corrected chi connectivity index (χ3v) is 7.37. The predicted octanol–water partition coefficient (Wildman–Crippen LogP) is 1.62. The van der Waals surface area contributed by atoms with Crippen molar-refractivity contribution in [2.45, 2.75) is 44.2 Å². The van der Waals surface area contributed by atoms with E-state index >= 15 is 0 Å². The molecule has 3 aliphatic rings. The summed E-state index contributed by atoms with van der Waals surface area (Å²) in [6.45, 7) is 2.37. The Morgan fingerprint density at radius 2 is 1.91 bits per heavy atom. The third kappa shape index (κ3) is 3.69. The number of thiazole rings is 1. The van der Waals surface area contributed by atoms with E-state index < -0.39 is 23.8 Å². The van der Waals surface area contributed by atoms with Crippen LogP contribution in [0.4, 0.5) is 5.13 Å². The van der Waals surface area contributed by atoms with Crippen LogP contribution in [-0.4, -0.2) is 52.6 Å². The second-order valence-electron chi connectivity index (χ2n) is 8.23. The summed E-state index contributed by atoms with van der Waals surface area (Å²) in [6.07, 6.45) is 4.35. The number of imide groups is 2. The average molecular weight is 454 g/mol. The molecule has 166 valence electrons. The van der Waals surface area contributed by atoms with Crippen LogP contribution in [0.15, 0.2) is 24.4 Å². The van der Waals surface area contributed by atoms with Crippen LogP contribution in [0.2, 0.25) is 0 Å². The topological polar surface area (TPSA) is 120 Å². The van der Waals surface area contributed by atoms with E-state index in [1.54, 1.807) is 29.5 Å². The molecule has 0 aliphatic carbocycles. The van der Waals surface area contributed by atoms with E-state index in [0.29, 0.717) is 23.6 Å². The summed E-state index contributed by atoms with van der Waals surface area (Å²) >= 11 is 1.62. The third-order valence-electron chi connectivity index (χ3n) is 6.25. The van der Waals surface area contributed by atoms with Gasteiger partial charge in [-0.2, -0.15) is 0 Å². The molecule has 0 bridgehead atoms. The molecular formula is C22H23N5O4S. The number of carbonyl (C=O) groups is 4. The second-order valence-corrected chi connectivity index (χ2v) is 9.29. The molecule has 32 heavy (non-hydrogen) atoms. The summed E-state index contributed by atoms with van der Waals surface area (Å²) in [5, 5.41) is 9.64. The number of amides is 4. The molecule has 10 heteroatoms. The van der Waals surface area contributed by atoms with Gasteiger partial charge in [-0.15, -0.1) is 11.3 Å². The molecule has 2 fully saturated rings. The lowest BCUT2D eigenvalue weighted by Gasteiger charge is -2.27. The number of piperidine rings is 2. The van der Waals surface area contributed by atoms with Crippen LogP contribution in [0.5, 0.6) is 0 Å². The fourth-order valence-corrected chi connectivity index (χ4v) is 5.55. The highest BCUT2D eigenvalue weighted by Gasteiger charge is 2.45. The van der Waals surface area contributed by atoms with E-state index in [-0.39, 0.29) is 24.3 Å². The lowest BCUT2D eigenvalue weighted by atomic mass is 9.97. The number of anilines is 1. The Morgan fingerprint density at radius 3 is 2.69 bits per heavy atom. The molecule has 3 aliphatic heterocycles. The Bertz CT molecular complexity index is 1110. The smallest absolute Gasteiger partial charge is 0.262 e. The van der Waals surface area contributed by atoms with Crippen molar-refractivity contribution >= 4 is 40.1 Å². The number of fused-ring (bicyclic) bond motifs is 1. The molecule has 4 amide bonds. The number of nitrogens with one attached hydrogen (secondary N) is 3. The number of carbonyl (C=O) groups excluding carboxylic acids is 4. The highest BCUT2D eigenvalue weighted by molar-refractivity contribution is 7.15. The molecule has 5 rings (SSSR count).